The Labute approximate surface area is 114 Å². The second kappa shape index (κ2) is 4.29. The zero-order valence-corrected chi connectivity index (χ0v) is 11.2. The maximum Gasteiger partial charge on any atom is 0.328 e. The molecular formula is C11H12N2O6S. The number of aliphatic carboxylic acids is 1. The molecule has 0 aromatic rings. The highest BCUT2D eigenvalue weighted by Crippen LogP contribution is 2.49. The van der Waals surface area contributed by atoms with Gasteiger partial charge in [-0.05, 0) is 6.92 Å². The maximum absolute atomic E-state index is 12.5. The second-order valence-corrected chi connectivity index (χ2v) is 7.31. The Hall–Kier alpha value is -1.92. The molecule has 2 saturated heterocycles. The van der Waals surface area contributed by atoms with E-state index in [-0.39, 0.29) is 0 Å². The van der Waals surface area contributed by atoms with E-state index in [2.05, 4.69) is 0 Å². The lowest BCUT2D eigenvalue weighted by atomic mass is 9.91. The standard InChI is InChI=1S/C11H12N2O6S/c1-11(3-2-4-12)7(10(16)17)13-8(15)6(5-14)9(13)20(11,18)19/h2-3,6-7,9,14H,5H2,1H3,(H,16,17)/b3-2-/t6-,7+,9-,11+/m1/s1. The van der Waals surface area contributed by atoms with Crippen LogP contribution in [0.2, 0.25) is 0 Å². The molecule has 0 radical (unpaired) electrons. The highest BCUT2D eigenvalue weighted by atomic mass is 32.2. The largest absolute Gasteiger partial charge is 0.480 e. The Morgan fingerprint density at radius 1 is 1.60 bits per heavy atom. The van der Waals surface area contributed by atoms with Crippen LogP contribution in [0.25, 0.3) is 0 Å². The van der Waals surface area contributed by atoms with Gasteiger partial charge in [0.1, 0.15) is 10.1 Å². The van der Waals surface area contributed by atoms with Gasteiger partial charge in [0.05, 0.1) is 18.6 Å². The third-order valence-electron chi connectivity index (χ3n) is 3.86. The molecule has 4 atom stereocenters. The van der Waals surface area contributed by atoms with Crippen molar-refractivity contribution < 1.29 is 28.2 Å². The quantitative estimate of drug-likeness (QED) is 0.477. The van der Waals surface area contributed by atoms with Gasteiger partial charge < -0.3 is 15.1 Å². The van der Waals surface area contributed by atoms with E-state index in [1.807, 2.05) is 0 Å². The third-order valence-corrected chi connectivity index (χ3v) is 6.64. The zero-order valence-electron chi connectivity index (χ0n) is 10.4. The van der Waals surface area contributed by atoms with Crippen LogP contribution in [0.5, 0.6) is 0 Å². The number of carboxylic acid groups (broad SMARTS) is 1. The number of sulfone groups is 1. The lowest BCUT2D eigenvalue weighted by Crippen LogP contribution is -2.64. The number of hydrogen-bond acceptors (Lipinski definition) is 6. The lowest BCUT2D eigenvalue weighted by Gasteiger charge is -2.41. The van der Waals surface area contributed by atoms with E-state index in [1.54, 1.807) is 6.07 Å². The predicted molar refractivity (Wildman–Crippen MR) is 64.7 cm³/mol. The fourth-order valence-corrected chi connectivity index (χ4v) is 5.27. The van der Waals surface area contributed by atoms with Crippen LogP contribution in [-0.4, -0.2) is 58.2 Å². The fourth-order valence-electron chi connectivity index (χ4n) is 2.80. The van der Waals surface area contributed by atoms with Crippen molar-refractivity contribution in [3.05, 3.63) is 12.2 Å². The van der Waals surface area contributed by atoms with Crippen molar-refractivity contribution in [2.45, 2.75) is 23.1 Å². The summed E-state index contributed by atoms with van der Waals surface area (Å²) in [6, 6.07) is 0.0131. The first-order chi connectivity index (χ1) is 9.24. The first-order valence-corrected chi connectivity index (χ1v) is 7.25. The van der Waals surface area contributed by atoms with E-state index in [1.165, 1.54) is 0 Å². The Morgan fingerprint density at radius 2 is 2.20 bits per heavy atom. The number of aliphatic hydroxyl groups is 1. The number of carbonyl (C=O) groups excluding carboxylic acids is 1. The number of carbonyl (C=O) groups is 2. The minimum atomic E-state index is -4.06. The highest BCUT2D eigenvalue weighted by Gasteiger charge is 2.72. The number of allylic oxidation sites excluding steroid dienone is 1. The normalized spacial score (nSPS) is 38.4. The number of rotatable bonds is 3. The van der Waals surface area contributed by atoms with Gasteiger partial charge in [0, 0.05) is 6.08 Å². The van der Waals surface area contributed by atoms with Gasteiger partial charge in [0.2, 0.25) is 5.91 Å². The van der Waals surface area contributed by atoms with Crippen molar-refractivity contribution in [2.24, 2.45) is 5.92 Å². The van der Waals surface area contributed by atoms with Crippen LogP contribution in [0.3, 0.4) is 0 Å². The maximum atomic E-state index is 12.5. The van der Waals surface area contributed by atoms with Crippen molar-refractivity contribution in [3.8, 4) is 6.07 Å². The molecule has 0 aliphatic carbocycles. The summed E-state index contributed by atoms with van der Waals surface area (Å²) >= 11 is 0. The van der Waals surface area contributed by atoms with Crippen LogP contribution in [0.4, 0.5) is 0 Å². The molecule has 0 spiro atoms. The smallest absolute Gasteiger partial charge is 0.328 e. The van der Waals surface area contributed by atoms with Crippen LogP contribution >= 0.6 is 0 Å². The molecule has 2 aliphatic heterocycles. The summed E-state index contributed by atoms with van der Waals surface area (Å²) < 4.78 is 23.1. The van der Waals surface area contributed by atoms with Crippen LogP contribution in [0.15, 0.2) is 12.2 Å². The van der Waals surface area contributed by atoms with Gasteiger partial charge in [0.25, 0.3) is 0 Å². The summed E-state index contributed by atoms with van der Waals surface area (Å²) in [7, 11) is -4.06. The van der Waals surface area contributed by atoms with Crippen LogP contribution < -0.4 is 0 Å². The molecule has 9 heteroatoms. The Morgan fingerprint density at radius 3 is 2.65 bits per heavy atom. The molecule has 20 heavy (non-hydrogen) atoms. The SMILES string of the molecule is C[C@]1(/C=C\C#N)[C@H](C(=O)O)N2C(=O)[C@@H](CO)[C@H]2S1(=O)=O. The molecule has 0 aromatic heterocycles. The molecule has 2 aliphatic rings. The number of hydrogen-bond donors (Lipinski definition) is 2. The van der Waals surface area contributed by atoms with E-state index in [4.69, 9.17) is 10.4 Å². The third kappa shape index (κ3) is 1.46. The van der Waals surface area contributed by atoms with Gasteiger partial charge in [-0.2, -0.15) is 5.26 Å². The average Bonchev–Trinajstić information content (AvgIpc) is 2.52. The van der Waals surface area contributed by atoms with Gasteiger partial charge in [-0.25, -0.2) is 13.2 Å². The summed E-state index contributed by atoms with van der Waals surface area (Å²) in [5, 5.41) is 25.5. The van der Waals surface area contributed by atoms with Gasteiger partial charge >= 0.3 is 5.97 Å². The van der Waals surface area contributed by atoms with Crippen molar-refractivity contribution in [1.29, 1.82) is 5.26 Å². The number of aliphatic hydroxyl groups excluding tert-OH is 1. The molecule has 2 rings (SSSR count). The Kier molecular flexibility index (Phi) is 3.11. The molecule has 0 unspecified atom stereocenters. The van der Waals surface area contributed by atoms with Crippen LogP contribution in [-0.2, 0) is 19.4 Å². The monoisotopic (exact) mass is 300 g/mol. The summed E-state index contributed by atoms with van der Waals surface area (Å²) in [5.41, 5.74) is 0. The number of nitriles is 1. The lowest BCUT2D eigenvalue weighted by molar-refractivity contribution is -0.164. The molecule has 8 nitrogen and oxygen atoms in total. The minimum Gasteiger partial charge on any atom is -0.480 e. The van der Waals surface area contributed by atoms with Crippen molar-refractivity contribution in [3.63, 3.8) is 0 Å². The molecule has 1 amide bonds. The van der Waals surface area contributed by atoms with E-state index in [0.717, 1.165) is 24.0 Å². The van der Waals surface area contributed by atoms with E-state index < -0.39 is 50.4 Å². The van der Waals surface area contributed by atoms with Gasteiger partial charge in [-0.15, -0.1) is 0 Å². The molecule has 108 valence electrons. The average molecular weight is 300 g/mol. The number of fused-ring (bicyclic) bond motifs is 1. The van der Waals surface area contributed by atoms with E-state index in [9.17, 15) is 23.1 Å². The van der Waals surface area contributed by atoms with Crippen molar-refractivity contribution in [2.75, 3.05) is 6.61 Å². The number of carboxylic acids is 1. The topological polar surface area (TPSA) is 136 Å². The van der Waals surface area contributed by atoms with Gasteiger partial charge in [0.15, 0.2) is 15.9 Å². The Bertz CT molecular complexity index is 648. The zero-order chi connectivity index (χ0) is 15.3. The number of amides is 1. The first kappa shape index (κ1) is 14.5. The molecule has 0 aromatic carbocycles. The molecule has 0 saturated carbocycles. The first-order valence-electron chi connectivity index (χ1n) is 5.70. The minimum absolute atomic E-state index is 0.663. The molecule has 2 N–H and O–H groups in total. The predicted octanol–water partition coefficient (Wildman–Crippen LogP) is -1.52. The molecule has 0 bridgehead atoms. The van der Waals surface area contributed by atoms with Crippen LogP contribution in [0, 0.1) is 17.2 Å². The number of nitrogens with zero attached hydrogens (tertiary/aromatic N) is 2. The van der Waals surface area contributed by atoms with Crippen molar-refractivity contribution >= 4 is 21.7 Å². The summed E-state index contributed by atoms with van der Waals surface area (Å²) in [5.74, 6) is -3.31. The molecule has 2 heterocycles. The molecule has 2 fully saturated rings. The number of β-lactam (4-membered cyclic amide) rings is 1. The highest BCUT2D eigenvalue weighted by molar-refractivity contribution is 7.94. The summed E-state index contributed by atoms with van der Waals surface area (Å²) in [4.78, 5) is 23.9. The van der Waals surface area contributed by atoms with Crippen LogP contribution in [0.1, 0.15) is 6.92 Å². The van der Waals surface area contributed by atoms with E-state index >= 15 is 0 Å². The van der Waals surface area contributed by atoms with E-state index in [0.29, 0.717) is 0 Å². The Balaban J connectivity index is 2.63. The second-order valence-electron chi connectivity index (χ2n) is 4.86. The summed E-state index contributed by atoms with van der Waals surface area (Å²) in [6.45, 7) is 0.499. The van der Waals surface area contributed by atoms with Crippen molar-refractivity contribution in [1.82, 2.24) is 4.90 Å². The molecular weight excluding hydrogens is 288 g/mol. The van der Waals surface area contributed by atoms with Gasteiger partial charge in [-0.3, -0.25) is 4.79 Å². The van der Waals surface area contributed by atoms with Gasteiger partial charge in [-0.1, -0.05) is 6.08 Å². The summed E-state index contributed by atoms with van der Waals surface area (Å²) in [6.07, 6.45) is 1.87. The fraction of sp³-hybridized carbons (Fsp3) is 0.545.